The normalized spacial score (nSPS) is 14.0. The fourth-order valence-corrected chi connectivity index (χ4v) is 4.02. The maximum Gasteiger partial charge on any atom is 0.337 e. The molecule has 3 heterocycles. The minimum atomic E-state index is -0.363. The van der Waals surface area contributed by atoms with Crippen LogP contribution in [0, 0.1) is 0 Å². The first-order valence-electron chi connectivity index (χ1n) is 8.35. The largest absolute Gasteiger partial charge is 0.423 e. The van der Waals surface area contributed by atoms with Crippen molar-refractivity contribution in [2.24, 2.45) is 0 Å². The van der Waals surface area contributed by atoms with Gasteiger partial charge in [0.1, 0.15) is 5.58 Å². The maximum atomic E-state index is 11.9. The number of rotatable bonds is 4. The lowest BCUT2D eigenvalue weighted by Gasteiger charge is -2.09. The number of hydrogen-bond acceptors (Lipinski definition) is 6. The van der Waals surface area contributed by atoms with E-state index in [-0.39, 0.29) is 5.63 Å². The fourth-order valence-electron chi connectivity index (χ4n) is 2.97. The average Bonchev–Trinajstić information content (AvgIpc) is 3.42. The highest BCUT2D eigenvalue weighted by atomic mass is 32.2. The van der Waals surface area contributed by atoms with Gasteiger partial charge in [0.25, 0.3) is 0 Å². The van der Waals surface area contributed by atoms with Gasteiger partial charge in [-0.3, -0.25) is 9.55 Å². The van der Waals surface area contributed by atoms with Crippen LogP contribution in [-0.2, 0) is 0 Å². The van der Waals surface area contributed by atoms with Gasteiger partial charge in [0, 0.05) is 40.3 Å². The van der Waals surface area contributed by atoms with Crippen molar-refractivity contribution in [3.05, 3.63) is 65.3 Å². The van der Waals surface area contributed by atoms with Crippen molar-refractivity contribution in [2.45, 2.75) is 28.9 Å². The molecule has 4 aromatic rings. The molecule has 0 aliphatic heterocycles. The molecule has 0 atom stereocenters. The van der Waals surface area contributed by atoms with Crippen LogP contribution in [0.25, 0.3) is 22.4 Å². The molecule has 0 saturated heterocycles. The molecule has 1 saturated carbocycles. The summed E-state index contributed by atoms with van der Waals surface area (Å²) in [5, 5.41) is 10.5. The molecule has 128 valence electrons. The summed E-state index contributed by atoms with van der Waals surface area (Å²) < 4.78 is 7.46. The number of pyridine rings is 1. The number of benzene rings is 1. The Morgan fingerprint density at radius 2 is 1.88 bits per heavy atom. The van der Waals surface area contributed by atoms with E-state index in [0.717, 1.165) is 39.7 Å². The number of nitrogens with zero attached hydrogens (tertiary/aromatic N) is 4. The second kappa shape index (κ2) is 6.10. The molecule has 0 unspecified atom stereocenters. The van der Waals surface area contributed by atoms with Crippen molar-refractivity contribution < 1.29 is 4.42 Å². The highest BCUT2D eigenvalue weighted by molar-refractivity contribution is 7.99. The van der Waals surface area contributed by atoms with E-state index in [4.69, 9.17) is 4.42 Å². The summed E-state index contributed by atoms with van der Waals surface area (Å²) in [5.41, 5.74) is 1.20. The summed E-state index contributed by atoms with van der Waals surface area (Å²) in [6, 6.07) is 13.3. The molecule has 6 nitrogen and oxygen atoms in total. The molecule has 3 aromatic heterocycles. The van der Waals surface area contributed by atoms with E-state index in [1.54, 1.807) is 18.5 Å². The van der Waals surface area contributed by atoms with Crippen LogP contribution in [0.3, 0.4) is 0 Å². The van der Waals surface area contributed by atoms with Gasteiger partial charge in [-0.1, -0.05) is 18.2 Å². The molecule has 1 fully saturated rings. The quantitative estimate of drug-likeness (QED) is 0.512. The molecule has 0 N–H and O–H groups in total. The van der Waals surface area contributed by atoms with Gasteiger partial charge in [0.15, 0.2) is 11.0 Å². The summed E-state index contributed by atoms with van der Waals surface area (Å²) >= 11 is 1.46. The zero-order valence-electron chi connectivity index (χ0n) is 13.7. The van der Waals surface area contributed by atoms with E-state index in [1.807, 2.05) is 30.3 Å². The molecule has 5 rings (SSSR count). The molecule has 1 aliphatic rings. The summed E-state index contributed by atoms with van der Waals surface area (Å²) in [6.07, 6.45) is 5.73. The van der Waals surface area contributed by atoms with Gasteiger partial charge < -0.3 is 4.42 Å². The summed E-state index contributed by atoms with van der Waals surface area (Å²) in [6.45, 7) is 0. The molecular formula is C19H14N4O2S. The third-order valence-electron chi connectivity index (χ3n) is 4.33. The first-order chi connectivity index (χ1) is 12.8. The highest BCUT2D eigenvalue weighted by Gasteiger charge is 2.30. The van der Waals surface area contributed by atoms with Crippen LogP contribution in [-0.4, -0.2) is 19.7 Å². The lowest BCUT2D eigenvalue weighted by molar-refractivity contribution is 0.557. The van der Waals surface area contributed by atoms with E-state index >= 15 is 0 Å². The monoisotopic (exact) mass is 362 g/mol. The standard InChI is InChI=1S/C19H14N4O2S/c24-17-11-16(14-3-1-2-4-15(14)25-17)26-19-22-21-18(23(19)13-5-6-13)12-7-9-20-10-8-12/h1-4,7-11,13H,5-6H2. The van der Waals surface area contributed by atoms with Crippen molar-refractivity contribution >= 4 is 22.7 Å². The molecule has 0 bridgehead atoms. The predicted molar refractivity (Wildman–Crippen MR) is 98.1 cm³/mol. The Morgan fingerprint density at radius 3 is 2.69 bits per heavy atom. The lowest BCUT2D eigenvalue weighted by atomic mass is 10.2. The molecule has 26 heavy (non-hydrogen) atoms. The maximum absolute atomic E-state index is 11.9. The predicted octanol–water partition coefficient (Wildman–Crippen LogP) is 3.93. The molecule has 0 spiro atoms. The van der Waals surface area contributed by atoms with Crippen molar-refractivity contribution in [2.75, 3.05) is 0 Å². The van der Waals surface area contributed by atoms with Gasteiger partial charge in [-0.15, -0.1) is 10.2 Å². The molecule has 7 heteroatoms. The Morgan fingerprint density at radius 1 is 1.08 bits per heavy atom. The zero-order chi connectivity index (χ0) is 17.5. The Kier molecular flexibility index (Phi) is 3.60. The first-order valence-corrected chi connectivity index (χ1v) is 9.17. The Bertz CT molecular complexity index is 1150. The zero-order valence-corrected chi connectivity index (χ0v) is 14.5. The van der Waals surface area contributed by atoms with Gasteiger partial charge in [0.05, 0.1) is 0 Å². The van der Waals surface area contributed by atoms with Crippen LogP contribution >= 0.6 is 11.8 Å². The van der Waals surface area contributed by atoms with Gasteiger partial charge in [-0.05, 0) is 42.8 Å². The van der Waals surface area contributed by atoms with Crippen LogP contribution < -0.4 is 5.63 Å². The second-order valence-electron chi connectivity index (χ2n) is 6.17. The van der Waals surface area contributed by atoms with Crippen molar-refractivity contribution in [3.63, 3.8) is 0 Å². The minimum absolute atomic E-state index is 0.363. The van der Waals surface area contributed by atoms with Crippen LogP contribution in [0.5, 0.6) is 0 Å². The Balaban J connectivity index is 1.62. The van der Waals surface area contributed by atoms with E-state index in [9.17, 15) is 4.79 Å². The number of para-hydroxylation sites is 1. The van der Waals surface area contributed by atoms with Gasteiger partial charge in [-0.2, -0.15) is 0 Å². The minimum Gasteiger partial charge on any atom is -0.423 e. The van der Waals surface area contributed by atoms with Crippen molar-refractivity contribution in [1.82, 2.24) is 19.7 Å². The fraction of sp³-hybridized carbons (Fsp3) is 0.158. The lowest BCUT2D eigenvalue weighted by Crippen LogP contribution is -2.01. The molecule has 0 radical (unpaired) electrons. The third-order valence-corrected chi connectivity index (χ3v) is 5.35. The van der Waals surface area contributed by atoms with Crippen molar-refractivity contribution in [1.29, 1.82) is 0 Å². The van der Waals surface area contributed by atoms with E-state index in [0.29, 0.717) is 11.6 Å². The van der Waals surface area contributed by atoms with Gasteiger partial charge >= 0.3 is 5.63 Å². The van der Waals surface area contributed by atoms with Gasteiger partial charge in [0.2, 0.25) is 0 Å². The highest BCUT2D eigenvalue weighted by Crippen LogP contribution is 2.43. The van der Waals surface area contributed by atoms with Crippen LogP contribution in [0.15, 0.2) is 74.1 Å². The second-order valence-corrected chi connectivity index (χ2v) is 7.18. The molecule has 0 amide bonds. The van der Waals surface area contributed by atoms with E-state index in [1.165, 1.54) is 17.8 Å². The average molecular weight is 362 g/mol. The van der Waals surface area contributed by atoms with E-state index in [2.05, 4.69) is 19.7 Å². The summed E-state index contributed by atoms with van der Waals surface area (Å²) in [5.74, 6) is 0.838. The molecule has 1 aromatic carbocycles. The Hall–Kier alpha value is -2.93. The smallest absolute Gasteiger partial charge is 0.337 e. The number of fused-ring (bicyclic) bond motifs is 1. The SMILES string of the molecule is O=c1cc(Sc2nnc(-c3ccncc3)n2C2CC2)c2ccccc2o1. The number of hydrogen-bond donors (Lipinski definition) is 0. The third kappa shape index (κ3) is 2.70. The van der Waals surface area contributed by atoms with Gasteiger partial charge in [-0.25, -0.2) is 4.79 Å². The first kappa shape index (κ1) is 15.3. The molecular weight excluding hydrogens is 348 g/mol. The summed E-state index contributed by atoms with van der Waals surface area (Å²) in [4.78, 5) is 16.8. The van der Waals surface area contributed by atoms with Crippen LogP contribution in [0.4, 0.5) is 0 Å². The van der Waals surface area contributed by atoms with Crippen LogP contribution in [0.1, 0.15) is 18.9 Å². The van der Waals surface area contributed by atoms with E-state index < -0.39 is 0 Å². The summed E-state index contributed by atoms with van der Waals surface area (Å²) in [7, 11) is 0. The topological polar surface area (TPSA) is 73.8 Å². The van der Waals surface area contributed by atoms with Crippen molar-refractivity contribution in [3.8, 4) is 11.4 Å². The Labute approximate surface area is 152 Å². The van der Waals surface area contributed by atoms with Crippen LogP contribution in [0.2, 0.25) is 0 Å². The number of aromatic nitrogens is 4. The molecule has 1 aliphatic carbocycles.